The summed E-state index contributed by atoms with van der Waals surface area (Å²) in [5, 5.41) is 0.423. The Hall–Kier alpha value is -3.08. The molecular formula is C25H26O5. The molecule has 2 aromatic carbocycles. The van der Waals surface area contributed by atoms with Crippen molar-refractivity contribution in [1.29, 1.82) is 0 Å². The first-order valence-electron chi connectivity index (χ1n) is 10.5. The lowest BCUT2D eigenvalue weighted by atomic mass is 9.98. The van der Waals surface area contributed by atoms with Crippen LogP contribution in [0.5, 0.6) is 5.75 Å². The molecule has 0 saturated heterocycles. The number of aryl methyl sites for hydroxylation is 2. The number of carbonyl (C=O) groups excluding carboxylic acids is 1. The predicted molar refractivity (Wildman–Crippen MR) is 116 cm³/mol. The molecule has 1 aliphatic rings. The van der Waals surface area contributed by atoms with Gasteiger partial charge in [-0.3, -0.25) is 4.79 Å². The molecular weight excluding hydrogens is 380 g/mol. The van der Waals surface area contributed by atoms with E-state index in [1.807, 2.05) is 50.2 Å². The Bertz CT molecular complexity index is 1100. The van der Waals surface area contributed by atoms with Crippen LogP contribution in [0.2, 0.25) is 0 Å². The summed E-state index contributed by atoms with van der Waals surface area (Å²) >= 11 is 0. The Morgan fingerprint density at radius 2 is 1.70 bits per heavy atom. The van der Waals surface area contributed by atoms with E-state index in [9.17, 15) is 9.59 Å². The molecule has 5 nitrogen and oxygen atoms in total. The molecule has 1 heterocycles. The van der Waals surface area contributed by atoms with Gasteiger partial charge in [0.1, 0.15) is 11.7 Å². The molecule has 0 bridgehead atoms. The Labute approximate surface area is 175 Å². The maximum absolute atomic E-state index is 13.2. The van der Waals surface area contributed by atoms with Crippen LogP contribution in [0.15, 0.2) is 51.7 Å². The summed E-state index contributed by atoms with van der Waals surface area (Å²) in [6.07, 6.45) is 5.05. The van der Waals surface area contributed by atoms with E-state index < -0.39 is 5.97 Å². The van der Waals surface area contributed by atoms with Gasteiger partial charge in [-0.2, -0.15) is 0 Å². The van der Waals surface area contributed by atoms with Crippen LogP contribution in [-0.4, -0.2) is 18.7 Å². The second-order valence-corrected chi connectivity index (χ2v) is 7.99. The first kappa shape index (κ1) is 20.2. The molecule has 0 atom stereocenters. The number of carbonyl (C=O) groups is 1. The number of hydrogen-bond acceptors (Lipinski definition) is 5. The molecule has 30 heavy (non-hydrogen) atoms. The van der Waals surface area contributed by atoms with Crippen molar-refractivity contribution in [3.05, 3.63) is 63.8 Å². The smallest absolute Gasteiger partial charge is 0.344 e. The summed E-state index contributed by atoms with van der Waals surface area (Å²) in [5.74, 6) is -0.0977. The van der Waals surface area contributed by atoms with Crippen molar-refractivity contribution in [3.63, 3.8) is 0 Å². The molecule has 3 aromatic rings. The fourth-order valence-electron chi connectivity index (χ4n) is 3.84. The molecule has 5 heteroatoms. The molecule has 156 valence electrons. The summed E-state index contributed by atoms with van der Waals surface area (Å²) in [6.45, 7) is 3.61. The monoisotopic (exact) mass is 406 g/mol. The summed E-state index contributed by atoms with van der Waals surface area (Å²) in [4.78, 5) is 25.5. The van der Waals surface area contributed by atoms with Gasteiger partial charge in [-0.05, 0) is 57.2 Å². The van der Waals surface area contributed by atoms with Gasteiger partial charge < -0.3 is 13.9 Å². The van der Waals surface area contributed by atoms with E-state index in [1.165, 1.54) is 6.42 Å². The molecule has 1 aliphatic carbocycles. The number of hydrogen-bond donors (Lipinski definition) is 0. The number of rotatable bonds is 5. The number of benzene rings is 2. The fraction of sp³-hybridized carbons (Fsp3) is 0.360. The maximum Gasteiger partial charge on any atom is 0.344 e. The van der Waals surface area contributed by atoms with Gasteiger partial charge in [0.05, 0.1) is 5.39 Å². The first-order valence-corrected chi connectivity index (χ1v) is 10.5. The number of fused-ring (bicyclic) bond motifs is 1. The lowest BCUT2D eigenvalue weighted by Crippen LogP contribution is -2.25. The van der Waals surface area contributed by atoms with Gasteiger partial charge in [0, 0.05) is 5.56 Å². The van der Waals surface area contributed by atoms with E-state index in [-0.39, 0.29) is 23.9 Å². The van der Waals surface area contributed by atoms with Crippen molar-refractivity contribution >= 4 is 16.9 Å². The second-order valence-electron chi connectivity index (χ2n) is 7.99. The molecule has 1 saturated carbocycles. The van der Waals surface area contributed by atoms with Gasteiger partial charge in [0.15, 0.2) is 12.4 Å². The predicted octanol–water partition coefficient (Wildman–Crippen LogP) is 5.33. The van der Waals surface area contributed by atoms with Crippen molar-refractivity contribution in [2.45, 2.75) is 52.1 Å². The SMILES string of the molecule is Cc1ccc(-c2oc3cc(C)ccc3c(=O)c2OCC(=O)OC2CCCCC2)cc1. The highest BCUT2D eigenvalue weighted by Gasteiger charge is 2.21. The van der Waals surface area contributed by atoms with Crippen LogP contribution >= 0.6 is 0 Å². The minimum atomic E-state index is -0.458. The Kier molecular flexibility index (Phi) is 5.88. The van der Waals surface area contributed by atoms with E-state index in [4.69, 9.17) is 13.9 Å². The quantitative estimate of drug-likeness (QED) is 0.536. The molecule has 1 aromatic heterocycles. The van der Waals surface area contributed by atoms with Gasteiger partial charge in [0.2, 0.25) is 11.2 Å². The topological polar surface area (TPSA) is 65.7 Å². The molecule has 1 fully saturated rings. The molecule has 0 radical (unpaired) electrons. The van der Waals surface area contributed by atoms with Gasteiger partial charge in [-0.1, -0.05) is 42.3 Å². The van der Waals surface area contributed by atoms with E-state index in [2.05, 4.69) is 0 Å². The highest BCUT2D eigenvalue weighted by molar-refractivity contribution is 5.83. The summed E-state index contributed by atoms with van der Waals surface area (Å²) in [5.41, 5.74) is 3.00. The van der Waals surface area contributed by atoms with Crippen LogP contribution in [0.4, 0.5) is 0 Å². The lowest BCUT2D eigenvalue weighted by Gasteiger charge is -2.21. The van der Waals surface area contributed by atoms with Crippen LogP contribution in [0.25, 0.3) is 22.3 Å². The average molecular weight is 406 g/mol. The van der Waals surface area contributed by atoms with Crippen molar-refractivity contribution < 1.29 is 18.7 Å². The second kappa shape index (κ2) is 8.74. The van der Waals surface area contributed by atoms with Crippen LogP contribution < -0.4 is 10.2 Å². The Morgan fingerprint density at radius 1 is 1.00 bits per heavy atom. The van der Waals surface area contributed by atoms with Gasteiger partial charge in [-0.25, -0.2) is 4.79 Å². The molecule has 0 amide bonds. The molecule has 0 unspecified atom stereocenters. The molecule has 0 spiro atoms. The standard InChI is InChI=1S/C25H26O5/c1-16-8-11-18(12-9-16)24-25(23(27)20-13-10-17(2)14-21(20)30-24)28-15-22(26)29-19-6-4-3-5-7-19/h8-14,19H,3-7,15H2,1-2H3. The third kappa shape index (κ3) is 4.40. The third-order valence-corrected chi connectivity index (χ3v) is 5.50. The van der Waals surface area contributed by atoms with Gasteiger partial charge in [0.25, 0.3) is 0 Å². The van der Waals surface area contributed by atoms with Crippen molar-refractivity contribution in [2.75, 3.05) is 6.61 Å². The number of ether oxygens (including phenoxy) is 2. The normalized spacial score (nSPS) is 14.6. The molecule has 0 N–H and O–H groups in total. The van der Waals surface area contributed by atoms with Crippen LogP contribution in [-0.2, 0) is 9.53 Å². The fourth-order valence-corrected chi connectivity index (χ4v) is 3.84. The largest absolute Gasteiger partial charge is 0.474 e. The third-order valence-electron chi connectivity index (χ3n) is 5.50. The Balaban J connectivity index is 1.66. The molecule has 0 aliphatic heterocycles. The van der Waals surface area contributed by atoms with Crippen molar-refractivity contribution in [3.8, 4) is 17.1 Å². The average Bonchev–Trinajstić information content (AvgIpc) is 2.74. The van der Waals surface area contributed by atoms with Crippen molar-refractivity contribution in [2.24, 2.45) is 0 Å². The highest BCUT2D eigenvalue weighted by atomic mass is 16.6. The van der Waals surface area contributed by atoms with E-state index in [1.54, 1.807) is 6.07 Å². The summed E-state index contributed by atoms with van der Waals surface area (Å²) in [6, 6.07) is 13.0. The molecule has 4 rings (SSSR count). The van der Waals surface area contributed by atoms with Crippen molar-refractivity contribution in [1.82, 2.24) is 0 Å². The summed E-state index contributed by atoms with van der Waals surface area (Å²) < 4.78 is 17.3. The zero-order valence-corrected chi connectivity index (χ0v) is 17.4. The van der Waals surface area contributed by atoms with Crippen LogP contribution in [0, 0.1) is 13.8 Å². The zero-order valence-electron chi connectivity index (χ0n) is 17.4. The summed E-state index contributed by atoms with van der Waals surface area (Å²) in [7, 11) is 0. The van der Waals surface area contributed by atoms with Crippen LogP contribution in [0.1, 0.15) is 43.2 Å². The minimum Gasteiger partial charge on any atom is -0.474 e. The van der Waals surface area contributed by atoms with E-state index in [0.717, 1.165) is 42.4 Å². The first-order chi connectivity index (χ1) is 14.5. The zero-order chi connectivity index (χ0) is 21.1. The van der Waals surface area contributed by atoms with Crippen LogP contribution in [0.3, 0.4) is 0 Å². The Morgan fingerprint density at radius 3 is 2.43 bits per heavy atom. The van der Waals surface area contributed by atoms with E-state index >= 15 is 0 Å². The highest BCUT2D eigenvalue weighted by Crippen LogP contribution is 2.31. The van der Waals surface area contributed by atoms with Gasteiger partial charge in [-0.15, -0.1) is 0 Å². The lowest BCUT2D eigenvalue weighted by molar-refractivity contribution is -0.152. The minimum absolute atomic E-state index is 0.0378. The van der Waals surface area contributed by atoms with E-state index in [0.29, 0.717) is 16.7 Å². The number of esters is 1. The van der Waals surface area contributed by atoms with Gasteiger partial charge >= 0.3 is 5.97 Å². The maximum atomic E-state index is 13.2.